The van der Waals surface area contributed by atoms with Gasteiger partial charge >= 0.3 is 0 Å². The largest absolute Gasteiger partial charge is 0.393 e. The number of rotatable bonds is 3. The Labute approximate surface area is 115 Å². The minimum atomic E-state index is -0.191. The van der Waals surface area contributed by atoms with Gasteiger partial charge in [0.2, 0.25) is 5.91 Å². The molecule has 2 atom stereocenters. The fourth-order valence-electron chi connectivity index (χ4n) is 2.23. The fourth-order valence-corrected chi connectivity index (χ4v) is 2.42. The molecular formula is C13H25N3OS. The van der Waals surface area contributed by atoms with Crippen LogP contribution in [0.2, 0.25) is 0 Å². The van der Waals surface area contributed by atoms with E-state index in [0.717, 1.165) is 25.9 Å². The molecule has 3 N–H and O–H groups in total. The molecule has 2 unspecified atom stereocenters. The summed E-state index contributed by atoms with van der Waals surface area (Å²) in [6.07, 6.45) is 2.09. The summed E-state index contributed by atoms with van der Waals surface area (Å²) in [7, 11) is 0. The number of nitrogens with one attached hydrogen (secondary N) is 1. The van der Waals surface area contributed by atoms with Gasteiger partial charge < -0.3 is 11.1 Å². The average Bonchev–Trinajstić information content (AvgIpc) is 2.26. The van der Waals surface area contributed by atoms with Gasteiger partial charge in [0, 0.05) is 18.0 Å². The normalized spacial score (nSPS) is 23.4. The summed E-state index contributed by atoms with van der Waals surface area (Å²) in [6, 6.07) is -0.124. The van der Waals surface area contributed by atoms with Gasteiger partial charge in [-0.1, -0.05) is 12.2 Å². The zero-order valence-corrected chi connectivity index (χ0v) is 12.6. The number of carbonyl (C=O) groups excluding carboxylic acids is 1. The third kappa shape index (κ3) is 4.53. The Morgan fingerprint density at radius 1 is 1.50 bits per heavy atom. The van der Waals surface area contributed by atoms with Gasteiger partial charge in [-0.2, -0.15) is 0 Å². The lowest BCUT2D eigenvalue weighted by Gasteiger charge is -2.36. The summed E-state index contributed by atoms with van der Waals surface area (Å²) in [6.45, 7) is 9.66. The second-order valence-electron chi connectivity index (χ2n) is 6.15. The Bertz CT molecular complexity index is 325. The molecule has 1 amide bonds. The molecule has 0 radical (unpaired) electrons. The third-order valence-electron chi connectivity index (χ3n) is 3.28. The number of hydrogen-bond acceptors (Lipinski definition) is 3. The van der Waals surface area contributed by atoms with Gasteiger partial charge in [-0.05, 0) is 47.1 Å². The first-order chi connectivity index (χ1) is 8.20. The van der Waals surface area contributed by atoms with Crippen molar-refractivity contribution in [1.29, 1.82) is 0 Å². The predicted molar refractivity (Wildman–Crippen MR) is 78.4 cm³/mol. The minimum Gasteiger partial charge on any atom is -0.393 e. The molecule has 0 bridgehead atoms. The summed E-state index contributed by atoms with van der Waals surface area (Å²) >= 11 is 5.06. The van der Waals surface area contributed by atoms with E-state index in [0.29, 0.717) is 4.99 Å². The monoisotopic (exact) mass is 271 g/mol. The molecular weight excluding hydrogens is 246 g/mol. The molecule has 0 saturated carbocycles. The highest BCUT2D eigenvalue weighted by Crippen LogP contribution is 2.19. The Kier molecular flexibility index (Phi) is 5.10. The maximum absolute atomic E-state index is 12.1. The highest BCUT2D eigenvalue weighted by Gasteiger charge is 2.29. The van der Waals surface area contributed by atoms with Crippen molar-refractivity contribution < 1.29 is 4.79 Å². The second kappa shape index (κ2) is 5.97. The lowest BCUT2D eigenvalue weighted by atomic mass is 9.96. The van der Waals surface area contributed by atoms with Crippen LogP contribution in [0.15, 0.2) is 0 Å². The maximum Gasteiger partial charge on any atom is 0.237 e. The van der Waals surface area contributed by atoms with E-state index in [-0.39, 0.29) is 23.4 Å². The van der Waals surface area contributed by atoms with Crippen LogP contribution in [0, 0.1) is 5.92 Å². The van der Waals surface area contributed by atoms with Crippen molar-refractivity contribution in [3.8, 4) is 0 Å². The quantitative estimate of drug-likeness (QED) is 0.759. The van der Waals surface area contributed by atoms with Crippen LogP contribution in [-0.2, 0) is 4.79 Å². The van der Waals surface area contributed by atoms with E-state index < -0.39 is 0 Å². The van der Waals surface area contributed by atoms with Crippen molar-refractivity contribution in [2.45, 2.75) is 52.1 Å². The minimum absolute atomic E-state index is 0.0751. The SMILES string of the molecule is CC(C(=O)NC(C)(C)C)N1CCCC(C(N)=S)C1. The summed E-state index contributed by atoms with van der Waals surface area (Å²) in [5, 5.41) is 3.02. The zero-order valence-electron chi connectivity index (χ0n) is 11.8. The van der Waals surface area contributed by atoms with Crippen molar-refractivity contribution in [2.24, 2.45) is 11.7 Å². The number of carbonyl (C=O) groups is 1. The van der Waals surface area contributed by atoms with E-state index in [9.17, 15) is 4.79 Å². The number of hydrogen-bond donors (Lipinski definition) is 2. The summed E-state index contributed by atoms with van der Waals surface area (Å²) < 4.78 is 0. The molecule has 0 aromatic rings. The molecule has 1 saturated heterocycles. The van der Waals surface area contributed by atoms with Crippen molar-refractivity contribution >= 4 is 23.1 Å². The molecule has 18 heavy (non-hydrogen) atoms. The molecule has 0 aliphatic carbocycles. The van der Waals surface area contributed by atoms with Crippen LogP contribution in [0.3, 0.4) is 0 Å². The number of thiocarbonyl (C=S) groups is 1. The van der Waals surface area contributed by atoms with E-state index in [1.165, 1.54) is 0 Å². The molecule has 1 heterocycles. The van der Waals surface area contributed by atoms with Gasteiger partial charge in [-0.3, -0.25) is 9.69 Å². The molecule has 5 heteroatoms. The van der Waals surface area contributed by atoms with E-state index in [1.807, 2.05) is 27.7 Å². The third-order valence-corrected chi connectivity index (χ3v) is 3.61. The smallest absolute Gasteiger partial charge is 0.237 e. The van der Waals surface area contributed by atoms with Crippen LogP contribution < -0.4 is 11.1 Å². The topological polar surface area (TPSA) is 58.4 Å². The highest BCUT2D eigenvalue weighted by molar-refractivity contribution is 7.80. The van der Waals surface area contributed by atoms with Gasteiger partial charge in [-0.25, -0.2) is 0 Å². The average molecular weight is 271 g/mol. The molecule has 4 nitrogen and oxygen atoms in total. The van der Waals surface area contributed by atoms with Gasteiger partial charge in [0.25, 0.3) is 0 Å². The number of amides is 1. The van der Waals surface area contributed by atoms with Crippen LogP contribution >= 0.6 is 12.2 Å². The maximum atomic E-state index is 12.1. The van der Waals surface area contributed by atoms with Gasteiger partial charge in [0.05, 0.1) is 11.0 Å². The van der Waals surface area contributed by atoms with Crippen molar-refractivity contribution in [3.05, 3.63) is 0 Å². The molecule has 1 aliphatic heterocycles. The first-order valence-corrected chi connectivity index (χ1v) is 6.97. The first kappa shape index (κ1) is 15.4. The van der Waals surface area contributed by atoms with E-state index in [1.54, 1.807) is 0 Å². The Morgan fingerprint density at radius 2 is 2.11 bits per heavy atom. The standard InChI is InChI=1S/C13H25N3OS/c1-9(12(17)15-13(2,3)4)16-7-5-6-10(8-16)11(14)18/h9-10H,5-8H2,1-4H3,(H2,14,18)(H,15,17). The molecule has 1 aliphatic rings. The van der Waals surface area contributed by atoms with E-state index in [4.69, 9.17) is 18.0 Å². The zero-order chi connectivity index (χ0) is 13.9. The first-order valence-electron chi connectivity index (χ1n) is 6.56. The lowest BCUT2D eigenvalue weighted by Crippen LogP contribution is -2.54. The molecule has 1 fully saturated rings. The van der Waals surface area contributed by atoms with Gasteiger partial charge in [0.15, 0.2) is 0 Å². The Hall–Kier alpha value is -0.680. The van der Waals surface area contributed by atoms with Crippen molar-refractivity contribution in [3.63, 3.8) is 0 Å². The second-order valence-corrected chi connectivity index (χ2v) is 6.62. The molecule has 104 valence electrons. The highest BCUT2D eigenvalue weighted by atomic mass is 32.1. The van der Waals surface area contributed by atoms with E-state index >= 15 is 0 Å². The van der Waals surface area contributed by atoms with Crippen LogP contribution in [0.1, 0.15) is 40.5 Å². The summed E-state index contributed by atoms with van der Waals surface area (Å²) in [5.74, 6) is 0.324. The van der Waals surface area contributed by atoms with Crippen LogP contribution in [0.5, 0.6) is 0 Å². The summed E-state index contributed by atoms with van der Waals surface area (Å²) in [5.41, 5.74) is 5.52. The predicted octanol–water partition coefficient (Wildman–Crippen LogP) is 1.29. The molecule has 0 aromatic carbocycles. The number of nitrogens with two attached hydrogens (primary N) is 1. The number of likely N-dealkylation sites (tertiary alicyclic amines) is 1. The molecule has 1 rings (SSSR count). The van der Waals surface area contributed by atoms with Crippen molar-refractivity contribution in [1.82, 2.24) is 10.2 Å². The van der Waals surface area contributed by atoms with Crippen molar-refractivity contribution in [2.75, 3.05) is 13.1 Å². The fraction of sp³-hybridized carbons (Fsp3) is 0.846. The lowest BCUT2D eigenvalue weighted by molar-refractivity contribution is -0.127. The Balaban J connectivity index is 2.58. The number of nitrogens with zero attached hydrogens (tertiary/aromatic N) is 1. The molecule has 0 spiro atoms. The van der Waals surface area contributed by atoms with Crippen LogP contribution in [-0.4, -0.2) is 40.5 Å². The van der Waals surface area contributed by atoms with Crippen LogP contribution in [0.4, 0.5) is 0 Å². The molecule has 0 aromatic heterocycles. The Morgan fingerprint density at radius 3 is 2.61 bits per heavy atom. The van der Waals surface area contributed by atoms with Crippen LogP contribution in [0.25, 0.3) is 0 Å². The van der Waals surface area contributed by atoms with Gasteiger partial charge in [-0.15, -0.1) is 0 Å². The van der Waals surface area contributed by atoms with Gasteiger partial charge in [0.1, 0.15) is 0 Å². The van der Waals surface area contributed by atoms with E-state index in [2.05, 4.69) is 10.2 Å². The summed E-state index contributed by atoms with van der Waals surface area (Å²) in [4.78, 5) is 14.9. The number of piperidine rings is 1.